The molecule has 0 heterocycles. The highest BCUT2D eigenvalue weighted by molar-refractivity contribution is 5.86. The van der Waals surface area contributed by atoms with Crippen molar-refractivity contribution in [2.75, 3.05) is 26.4 Å². The molecule has 220 valence electrons. The number of hydrogen-bond donors (Lipinski definition) is 2. The second-order valence-electron chi connectivity index (χ2n) is 11.3. The lowest BCUT2D eigenvalue weighted by molar-refractivity contribution is -0.139. The molecule has 0 spiro atoms. The van der Waals surface area contributed by atoms with Crippen molar-refractivity contribution in [1.82, 2.24) is 0 Å². The molecule has 40 heavy (non-hydrogen) atoms. The first-order chi connectivity index (χ1) is 19.4. The van der Waals surface area contributed by atoms with Crippen molar-refractivity contribution in [2.24, 2.45) is 11.8 Å². The van der Waals surface area contributed by atoms with Crippen molar-refractivity contribution in [1.29, 1.82) is 0 Å². The van der Waals surface area contributed by atoms with Gasteiger partial charge in [0.2, 0.25) is 0 Å². The average Bonchev–Trinajstić information content (AvgIpc) is 2.96. The number of aliphatic hydroxyl groups excluding tert-OH is 2. The zero-order chi connectivity index (χ0) is 28.9. The molecule has 1 aliphatic rings. The fourth-order valence-electron chi connectivity index (χ4n) is 5.49. The molecule has 6 heteroatoms. The van der Waals surface area contributed by atoms with Crippen LogP contribution in [0.3, 0.4) is 0 Å². The van der Waals surface area contributed by atoms with E-state index in [1.54, 1.807) is 13.0 Å². The Kier molecular flexibility index (Phi) is 13.2. The molecule has 2 aromatic rings. The third kappa shape index (κ3) is 9.45. The maximum Gasteiger partial charge on any atom is 0.333 e. The van der Waals surface area contributed by atoms with Crippen LogP contribution in [0.2, 0.25) is 0 Å². The van der Waals surface area contributed by atoms with Crippen LogP contribution in [-0.2, 0) is 16.0 Å². The minimum Gasteiger partial charge on any atom is -0.493 e. The number of halogens is 1. The third-order valence-corrected chi connectivity index (χ3v) is 8.06. The number of aryl methyl sites for hydroxylation is 1. The summed E-state index contributed by atoms with van der Waals surface area (Å²) in [6.07, 6.45) is 11.1. The molecular formula is C34H47FO5. The summed E-state index contributed by atoms with van der Waals surface area (Å²) in [6, 6.07) is 11.2. The zero-order valence-corrected chi connectivity index (χ0v) is 24.3. The van der Waals surface area contributed by atoms with E-state index in [1.807, 2.05) is 24.3 Å². The number of aliphatic hydroxyl groups is 2. The van der Waals surface area contributed by atoms with Gasteiger partial charge in [-0.15, -0.1) is 0 Å². The molecule has 5 nitrogen and oxygen atoms in total. The Hall–Kier alpha value is -2.70. The van der Waals surface area contributed by atoms with Gasteiger partial charge in [-0.2, -0.15) is 0 Å². The van der Waals surface area contributed by atoms with Gasteiger partial charge in [0.15, 0.2) is 0 Å². The van der Waals surface area contributed by atoms with Gasteiger partial charge in [0.1, 0.15) is 11.6 Å². The number of carbonyl (C=O) groups is 1. The van der Waals surface area contributed by atoms with Crippen molar-refractivity contribution in [3.8, 4) is 16.9 Å². The van der Waals surface area contributed by atoms with Gasteiger partial charge < -0.3 is 19.7 Å². The Balaban J connectivity index is 1.71. The second kappa shape index (κ2) is 16.5. The Morgan fingerprint density at radius 2 is 1.80 bits per heavy atom. The standard InChI is InChI=1S/C34H47FO5/c1-4-5-6-8-25-10-12-27(13-11-25)28-14-16-31(32(35)20-28)29-15-17-33(40-23-26(21-36)22-37)30(19-29)9-7-18-39-34(38)24(2)3/h14-17,19-20,25-27,36-37H,2,4-13,18,21-23H2,1,3H3. The predicted octanol–water partition coefficient (Wildman–Crippen LogP) is 7.38. The molecule has 0 unspecified atom stereocenters. The maximum atomic E-state index is 15.5. The van der Waals surface area contributed by atoms with Gasteiger partial charge in [-0.05, 0) is 92.2 Å². The molecule has 2 aromatic carbocycles. The predicted molar refractivity (Wildman–Crippen MR) is 158 cm³/mol. The van der Waals surface area contributed by atoms with Crippen LogP contribution in [0, 0.1) is 17.7 Å². The molecule has 1 saturated carbocycles. The normalized spacial score (nSPS) is 17.1. The summed E-state index contributed by atoms with van der Waals surface area (Å²) in [5.74, 6) is 0.810. The summed E-state index contributed by atoms with van der Waals surface area (Å²) in [6.45, 7) is 7.48. The molecule has 0 radical (unpaired) electrons. The summed E-state index contributed by atoms with van der Waals surface area (Å²) >= 11 is 0. The summed E-state index contributed by atoms with van der Waals surface area (Å²) in [5, 5.41) is 18.8. The number of unbranched alkanes of at least 4 members (excludes halogenated alkanes) is 2. The van der Waals surface area contributed by atoms with Crippen LogP contribution >= 0.6 is 0 Å². The Morgan fingerprint density at radius 1 is 1.05 bits per heavy atom. The monoisotopic (exact) mass is 554 g/mol. The molecule has 0 bridgehead atoms. The summed E-state index contributed by atoms with van der Waals surface area (Å²) in [4.78, 5) is 11.7. The fourth-order valence-corrected chi connectivity index (χ4v) is 5.49. The van der Waals surface area contributed by atoms with E-state index in [4.69, 9.17) is 9.47 Å². The van der Waals surface area contributed by atoms with Crippen molar-refractivity contribution < 1.29 is 28.9 Å². The topological polar surface area (TPSA) is 76.0 Å². The number of esters is 1. The highest BCUT2D eigenvalue weighted by Gasteiger charge is 2.23. The third-order valence-electron chi connectivity index (χ3n) is 8.06. The van der Waals surface area contributed by atoms with Crippen molar-refractivity contribution in [3.63, 3.8) is 0 Å². The van der Waals surface area contributed by atoms with Crippen molar-refractivity contribution >= 4 is 5.97 Å². The van der Waals surface area contributed by atoms with E-state index >= 15 is 4.39 Å². The van der Waals surface area contributed by atoms with Gasteiger partial charge in [0.05, 0.1) is 26.4 Å². The Morgan fingerprint density at radius 3 is 2.45 bits per heavy atom. The minimum absolute atomic E-state index is 0.161. The number of rotatable bonds is 16. The SMILES string of the molecule is C=C(C)C(=O)OCCCc1cc(-c2ccc(C3CCC(CCCCC)CC3)cc2F)ccc1OCC(CO)CO. The second-order valence-corrected chi connectivity index (χ2v) is 11.3. The van der Waals surface area contributed by atoms with Crippen molar-refractivity contribution in [3.05, 3.63) is 65.5 Å². The number of ether oxygens (including phenoxy) is 2. The highest BCUT2D eigenvalue weighted by Crippen LogP contribution is 2.39. The molecule has 1 fully saturated rings. The van der Waals surface area contributed by atoms with E-state index in [0.717, 1.165) is 35.4 Å². The molecule has 0 saturated heterocycles. The first-order valence-electron chi connectivity index (χ1n) is 15.0. The van der Waals surface area contributed by atoms with Crippen LogP contribution < -0.4 is 4.74 Å². The number of benzene rings is 2. The van der Waals surface area contributed by atoms with E-state index in [0.29, 0.717) is 35.6 Å². The van der Waals surface area contributed by atoms with Gasteiger partial charge >= 0.3 is 5.97 Å². The van der Waals surface area contributed by atoms with Crippen LogP contribution in [0.4, 0.5) is 4.39 Å². The van der Waals surface area contributed by atoms with E-state index in [9.17, 15) is 15.0 Å². The van der Waals surface area contributed by atoms with Gasteiger partial charge in [-0.3, -0.25) is 0 Å². The number of carbonyl (C=O) groups excluding carboxylic acids is 1. The highest BCUT2D eigenvalue weighted by atomic mass is 19.1. The maximum absolute atomic E-state index is 15.5. The van der Waals surface area contributed by atoms with E-state index in [2.05, 4.69) is 19.6 Å². The lowest BCUT2D eigenvalue weighted by atomic mass is 9.77. The van der Waals surface area contributed by atoms with E-state index in [-0.39, 0.29) is 38.2 Å². The van der Waals surface area contributed by atoms with Gasteiger partial charge in [0, 0.05) is 17.1 Å². The molecule has 2 N–H and O–H groups in total. The first kappa shape index (κ1) is 31.8. The average molecular weight is 555 g/mol. The smallest absolute Gasteiger partial charge is 0.333 e. The minimum atomic E-state index is -0.425. The molecule has 0 aromatic heterocycles. The lowest BCUT2D eigenvalue weighted by Crippen LogP contribution is -2.20. The summed E-state index contributed by atoms with van der Waals surface area (Å²) in [5.41, 5.74) is 3.59. The first-order valence-corrected chi connectivity index (χ1v) is 15.0. The van der Waals surface area contributed by atoms with Crippen LogP contribution in [0.15, 0.2) is 48.6 Å². The lowest BCUT2D eigenvalue weighted by Gasteiger charge is -2.29. The Labute approximate surface area is 239 Å². The largest absolute Gasteiger partial charge is 0.493 e. The zero-order valence-electron chi connectivity index (χ0n) is 24.3. The summed E-state index contributed by atoms with van der Waals surface area (Å²) < 4.78 is 26.6. The van der Waals surface area contributed by atoms with Crippen molar-refractivity contribution in [2.45, 2.75) is 84.0 Å². The number of hydrogen-bond acceptors (Lipinski definition) is 5. The molecule has 3 rings (SSSR count). The fraction of sp³-hybridized carbons (Fsp3) is 0.559. The van der Waals surface area contributed by atoms with Gasteiger partial charge in [-0.1, -0.05) is 57.4 Å². The summed E-state index contributed by atoms with van der Waals surface area (Å²) in [7, 11) is 0. The molecule has 1 aliphatic carbocycles. The van der Waals surface area contributed by atoms with Crippen LogP contribution in [0.25, 0.3) is 11.1 Å². The van der Waals surface area contributed by atoms with Crippen LogP contribution in [-0.4, -0.2) is 42.6 Å². The molecule has 0 atom stereocenters. The van der Waals surface area contributed by atoms with Gasteiger partial charge in [0.25, 0.3) is 0 Å². The van der Waals surface area contributed by atoms with Gasteiger partial charge in [-0.25, -0.2) is 9.18 Å². The van der Waals surface area contributed by atoms with E-state index < -0.39 is 5.97 Å². The van der Waals surface area contributed by atoms with Crippen LogP contribution in [0.5, 0.6) is 5.75 Å². The molecule has 0 aliphatic heterocycles. The molecule has 0 amide bonds. The molecular weight excluding hydrogens is 507 g/mol. The van der Waals surface area contributed by atoms with Crippen LogP contribution in [0.1, 0.15) is 88.7 Å². The van der Waals surface area contributed by atoms with E-state index in [1.165, 1.54) is 38.5 Å². The quantitative estimate of drug-likeness (QED) is 0.129. The Bertz CT molecular complexity index is 1090.